The number of hydrogen-bond acceptors (Lipinski definition) is 5. The summed E-state index contributed by atoms with van der Waals surface area (Å²) in [6.07, 6.45) is 2.18. The van der Waals surface area contributed by atoms with E-state index in [1.807, 2.05) is 0 Å². The van der Waals surface area contributed by atoms with Gasteiger partial charge in [0.1, 0.15) is 5.75 Å². The van der Waals surface area contributed by atoms with Crippen molar-refractivity contribution >= 4 is 17.6 Å². The predicted octanol–water partition coefficient (Wildman–Crippen LogP) is 1.20. The first-order valence-corrected chi connectivity index (χ1v) is 6.39. The number of hydrogen-bond donors (Lipinski definition) is 2. The van der Waals surface area contributed by atoms with Crippen LogP contribution in [0.25, 0.3) is 0 Å². The van der Waals surface area contributed by atoms with Crippen molar-refractivity contribution in [2.45, 2.75) is 12.8 Å². The Morgan fingerprint density at radius 2 is 2.14 bits per heavy atom. The molecule has 0 aliphatic heterocycles. The fourth-order valence-electron chi connectivity index (χ4n) is 1.78. The van der Waals surface area contributed by atoms with Crippen LogP contribution in [0.3, 0.4) is 0 Å². The zero-order valence-electron chi connectivity index (χ0n) is 11.1. The molecular formula is C13H14N2O6. The van der Waals surface area contributed by atoms with E-state index in [0.29, 0.717) is 12.5 Å². The average molecular weight is 294 g/mol. The van der Waals surface area contributed by atoms with Crippen molar-refractivity contribution in [1.82, 2.24) is 5.32 Å². The van der Waals surface area contributed by atoms with E-state index in [9.17, 15) is 19.7 Å². The second-order valence-corrected chi connectivity index (χ2v) is 4.75. The lowest BCUT2D eigenvalue weighted by molar-refractivity contribution is -0.385. The third-order valence-corrected chi connectivity index (χ3v) is 3.06. The summed E-state index contributed by atoms with van der Waals surface area (Å²) in [6, 6.07) is 3.66. The number of nitro groups is 1. The van der Waals surface area contributed by atoms with Gasteiger partial charge in [0.25, 0.3) is 11.6 Å². The van der Waals surface area contributed by atoms with E-state index in [0.717, 1.165) is 18.9 Å². The molecule has 2 rings (SSSR count). The first kappa shape index (κ1) is 14.8. The van der Waals surface area contributed by atoms with Gasteiger partial charge in [-0.1, -0.05) is 6.07 Å². The normalized spacial score (nSPS) is 13.5. The lowest BCUT2D eigenvalue weighted by atomic mass is 10.1. The van der Waals surface area contributed by atoms with Crippen LogP contribution in [-0.4, -0.2) is 35.1 Å². The molecule has 0 aromatic heterocycles. The minimum absolute atomic E-state index is 0.196. The summed E-state index contributed by atoms with van der Waals surface area (Å²) < 4.78 is 5.11. The van der Waals surface area contributed by atoms with E-state index in [1.165, 1.54) is 12.1 Å². The van der Waals surface area contributed by atoms with Crippen LogP contribution in [-0.2, 0) is 4.79 Å². The van der Waals surface area contributed by atoms with Crippen molar-refractivity contribution < 1.29 is 24.4 Å². The highest BCUT2D eigenvalue weighted by molar-refractivity contribution is 5.95. The number of carbonyl (C=O) groups is 2. The third-order valence-electron chi connectivity index (χ3n) is 3.06. The highest BCUT2D eigenvalue weighted by Crippen LogP contribution is 2.28. The first-order chi connectivity index (χ1) is 9.99. The van der Waals surface area contributed by atoms with Gasteiger partial charge in [0.15, 0.2) is 12.2 Å². The molecule has 1 aromatic carbocycles. The molecule has 1 aliphatic rings. The molecule has 0 atom stereocenters. The quantitative estimate of drug-likeness (QED) is 0.576. The number of carbonyl (C=O) groups excluding carboxylic acids is 1. The molecule has 112 valence electrons. The maximum absolute atomic E-state index is 11.5. The number of carboxylic acid groups (broad SMARTS) is 1. The molecule has 8 heteroatoms. The molecule has 1 aliphatic carbocycles. The SMILES string of the molecule is O=C(COc1cccc([N+](=O)[O-])c1C(=O)O)NCC1CC1. The van der Waals surface area contributed by atoms with E-state index in [1.54, 1.807) is 0 Å². The Labute approximate surface area is 119 Å². The van der Waals surface area contributed by atoms with Gasteiger partial charge in [0.2, 0.25) is 0 Å². The summed E-state index contributed by atoms with van der Waals surface area (Å²) in [4.78, 5) is 32.7. The number of rotatable bonds is 7. The maximum Gasteiger partial charge on any atom is 0.346 e. The van der Waals surface area contributed by atoms with E-state index < -0.39 is 22.1 Å². The number of nitrogens with zero attached hydrogens (tertiary/aromatic N) is 1. The Morgan fingerprint density at radius 1 is 1.43 bits per heavy atom. The Kier molecular flexibility index (Phi) is 4.36. The molecule has 1 saturated carbocycles. The van der Waals surface area contributed by atoms with Gasteiger partial charge in [-0.25, -0.2) is 4.79 Å². The summed E-state index contributed by atoms with van der Waals surface area (Å²) in [5.74, 6) is -1.54. The van der Waals surface area contributed by atoms with Gasteiger partial charge in [0.05, 0.1) is 4.92 Å². The molecule has 0 unspecified atom stereocenters. The number of carboxylic acids is 1. The van der Waals surface area contributed by atoms with Crippen LogP contribution < -0.4 is 10.1 Å². The fourth-order valence-corrected chi connectivity index (χ4v) is 1.78. The summed E-state index contributed by atoms with van der Waals surface area (Å²) in [5.41, 5.74) is -1.13. The molecule has 0 spiro atoms. The van der Waals surface area contributed by atoms with Crippen LogP contribution in [0.1, 0.15) is 23.2 Å². The molecule has 8 nitrogen and oxygen atoms in total. The van der Waals surface area contributed by atoms with E-state index in [2.05, 4.69) is 5.32 Å². The van der Waals surface area contributed by atoms with E-state index in [4.69, 9.17) is 9.84 Å². The van der Waals surface area contributed by atoms with Gasteiger partial charge in [-0.15, -0.1) is 0 Å². The zero-order valence-corrected chi connectivity index (χ0v) is 11.1. The van der Waals surface area contributed by atoms with Crippen LogP contribution in [0, 0.1) is 16.0 Å². The van der Waals surface area contributed by atoms with Crippen LogP contribution in [0.2, 0.25) is 0 Å². The second kappa shape index (κ2) is 6.21. The third kappa shape index (κ3) is 3.91. The molecule has 0 radical (unpaired) electrons. The molecule has 0 heterocycles. The van der Waals surface area contributed by atoms with Crippen molar-refractivity contribution in [2.75, 3.05) is 13.2 Å². The molecule has 2 N–H and O–H groups in total. The average Bonchev–Trinajstić information content (AvgIpc) is 3.26. The Hall–Kier alpha value is -2.64. The number of ether oxygens (including phenoxy) is 1. The maximum atomic E-state index is 11.5. The summed E-state index contributed by atoms with van der Waals surface area (Å²) in [5, 5.41) is 22.5. The number of nitro benzene ring substituents is 1. The van der Waals surface area contributed by atoms with Gasteiger partial charge in [0, 0.05) is 12.6 Å². The van der Waals surface area contributed by atoms with Gasteiger partial charge in [-0.3, -0.25) is 14.9 Å². The molecular weight excluding hydrogens is 280 g/mol. The lowest BCUT2D eigenvalue weighted by Crippen LogP contribution is -2.30. The predicted molar refractivity (Wildman–Crippen MR) is 71.3 cm³/mol. The molecule has 1 amide bonds. The standard InChI is InChI=1S/C13H14N2O6/c16-11(14-6-8-4-5-8)7-21-10-3-1-2-9(15(19)20)12(10)13(17)18/h1-3,8H,4-7H2,(H,14,16)(H,17,18). The topological polar surface area (TPSA) is 119 Å². The summed E-state index contributed by atoms with van der Waals surface area (Å²) in [7, 11) is 0. The Balaban J connectivity index is 2.04. The monoisotopic (exact) mass is 294 g/mol. The highest BCUT2D eigenvalue weighted by atomic mass is 16.6. The van der Waals surface area contributed by atoms with Gasteiger partial charge in [-0.05, 0) is 24.8 Å². The van der Waals surface area contributed by atoms with Crippen LogP contribution in [0.5, 0.6) is 5.75 Å². The number of aromatic carboxylic acids is 1. The molecule has 1 aromatic rings. The minimum atomic E-state index is -1.48. The molecule has 0 bridgehead atoms. The molecule has 1 fully saturated rings. The van der Waals surface area contributed by atoms with Crippen molar-refractivity contribution in [3.8, 4) is 5.75 Å². The van der Waals surface area contributed by atoms with Crippen LogP contribution >= 0.6 is 0 Å². The van der Waals surface area contributed by atoms with E-state index in [-0.39, 0.29) is 18.3 Å². The van der Waals surface area contributed by atoms with Crippen molar-refractivity contribution in [1.29, 1.82) is 0 Å². The summed E-state index contributed by atoms with van der Waals surface area (Å²) in [6.45, 7) is 0.192. The van der Waals surface area contributed by atoms with Crippen molar-refractivity contribution in [3.05, 3.63) is 33.9 Å². The molecule has 21 heavy (non-hydrogen) atoms. The lowest BCUT2D eigenvalue weighted by Gasteiger charge is -2.09. The fraction of sp³-hybridized carbons (Fsp3) is 0.385. The number of amides is 1. The van der Waals surface area contributed by atoms with Crippen LogP contribution in [0.15, 0.2) is 18.2 Å². The van der Waals surface area contributed by atoms with Crippen LogP contribution in [0.4, 0.5) is 5.69 Å². The second-order valence-electron chi connectivity index (χ2n) is 4.75. The molecule has 0 saturated heterocycles. The van der Waals surface area contributed by atoms with E-state index >= 15 is 0 Å². The summed E-state index contributed by atoms with van der Waals surface area (Å²) >= 11 is 0. The van der Waals surface area contributed by atoms with Gasteiger partial charge < -0.3 is 15.2 Å². The number of benzene rings is 1. The zero-order chi connectivity index (χ0) is 15.4. The van der Waals surface area contributed by atoms with Gasteiger partial charge in [-0.2, -0.15) is 0 Å². The first-order valence-electron chi connectivity index (χ1n) is 6.39. The minimum Gasteiger partial charge on any atom is -0.483 e. The highest BCUT2D eigenvalue weighted by Gasteiger charge is 2.25. The van der Waals surface area contributed by atoms with Gasteiger partial charge >= 0.3 is 5.97 Å². The Bertz CT molecular complexity index is 582. The Morgan fingerprint density at radius 3 is 2.71 bits per heavy atom. The largest absolute Gasteiger partial charge is 0.483 e. The number of nitrogens with one attached hydrogen (secondary N) is 1. The van der Waals surface area contributed by atoms with Crippen molar-refractivity contribution in [2.24, 2.45) is 5.92 Å². The van der Waals surface area contributed by atoms with Crippen molar-refractivity contribution in [3.63, 3.8) is 0 Å². The smallest absolute Gasteiger partial charge is 0.346 e.